The SMILES string of the molecule is CCCCNC(=O)[C@H](C)N(Cc1ccc(Cl)cc1Cl)C(=O)CN(c1cccc(C)c1C)S(C)(=O)=O. The lowest BCUT2D eigenvalue weighted by Crippen LogP contribution is -2.51. The predicted molar refractivity (Wildman–Crippen MR) is 142 cm³/mol. The van der Waals surface area contributed by atoms with Crippen LogP contribution in [0, 0.1) is 13.8 Å². The Morgan fingerprint density at radius 1 is 1.11 bits per heavy atom. The van der Waals surface area contributed by atoms with Crippen molar-refractivity contribution in [3.05, 3.63) is 63.1 Å². The number of amides is 2. The summed E-state index contributed by atoms with van der Waals surface area (Å²) in [5.74, 6) is -0.852. The van der Waals surface area contributed by atoms with Crippen LogP contribution in [0.25, 0.3) is 0 Å². The van der Waals surface area contributed by atoms with E-state index in [2.05, 4.69) is 5.32 Å². The molecule has 1 atom stereocenters. The highest BCUT2D eigenvalue weighted by Gasteiger charge is 2.31. The zero-order valence-corrected chi connectivity index (χ0v) is 23.1. The van der Waals surface area contributed by atoms with Crippen molar-refractivity contribution in [2.75, 3.05) is 23.7 Å². The average Bonchev–Trinajstić information content (AvgIpc) is 2.78. The van der Waals surface area contributed by atoms with Crippen molar-refractivity contribution >= 4 is 50.7 Å². The van der Waals surface area contributed by atoms with Gasteiger partial charge in [0.2, 0.25) is 21.8 Å². The molecule has 2 amide bonds. The van der Waals surface area contributed by atoms with E-state index in [-0.39, 0.29) is 12.5 Å². The third kappa shape index (κ3) is 7.85. The Morgan fingerprint density at radius 3 is 2.40 bits per heavy atom. The molecule has 35 heavy (non-hydrogen) atoms. The van der Waals surface area contributed by atoms with Crippen molar-refractivity contribution < 1.29 is 18.0 Å². The first-order valence-electron chi connectivity index (χ1n) is 11.4. The Bertz CT molecular complexity index is 1170. The fourth-order valence-corrected chi connectivity index (χ4v) is 4.92. The van der Waals surface area contributed by atoms with E-state index in [9.17, 15) is 18.0 Å². The summed E-state index contributed by atoms with van der Waals surface area (Å²) >= 11 is 12.4. The van der Waals surface area contributed by atoms with Crippen LogP contribution in [0.1, 0.15) is 43.4 Å². The van der Waals surface area contributed by atoms with Crippen molar-refractivity contribution in [3.63, 3.8) is 0 Å². The van der Waals surface area contributed by atoms with Crippen LogP contribution in [-0.2, 0) is 26.2 Å². The van der Waals surface area contributed by atoms with E-state index in [1.54, 1.807) is 37.3 Å². The van der Waals surface area contributed by atoms with Crippen LogP contribution in [0.3, 0.4) is 0 Å². The average molecular weight is 543 g/mol. The second-order valence-electron chi connectivity index (χ2n) is 8.57. The molecule has 0 saturated carbocycles. The van der Waals surface area contributed by atoms with Gasteiger partial charge in [-0.25, -0.2) is 8.42 Å². The van der Waals surface area contributed by atoms with E-state index in [0.717, 1.165) is 34.5 Å². The number of anilines is 1. The van der Waals surface area contributed by atoms with Crippen LogP contribution in [0.4, 0.5) is 5.69 Å². The van der Waals surface area contributed by atoms with Crippen molar-refractivity contribution in [2.24, 2.45) is 0 Å². The van der Waals surface area contributed by atoms with Crippen LogP contribution in [0.5, 0.6) is 0 Å². The summed E-state index contributed by atoms with van der Waals surface area (Å²) < 4.78 is 26.5. The van der Waals surface area contributed by atoms with Crippen LogP contribution in [0.15, 0.2) is 36.4 Å². The number of sulfonamides is 1. The largest absolute Gasteiger partial charge is 0.354 e. The Hall–Kier alpha value is -2.29. The molecule has 0 aromatic heterocycles. The number of carbonyl (C=O) groups is 2. The fraction of sp³-hybridized carbons (Fsp3) is 0.440. The highest BCUT2D eigenvalue weighted by atomic mass is 35.5. The lowest BCUT2D eigenvalue weighted by molar-refractivity contribution is -0.139. The minimum absolute atomic E-state index is 0.0155. The molecule has 2 aromatic carbocycles. The van der Waals surface area contributed by atoms with Gasteiger partial charge >= 0.3 is 0 Å². The molecular weight excluding hydrogens is 509 g/mol. The van der Waals surface area contributed by atoms with Gasteiger partial charge in [-0.2, -0.15) is 0 Å². The number of aryl methyl sites for hydroxylation is 1. The second kappa shape index (κ2) is 12.6. The Labute approximate surface area is 218 Å². The molecule has 0 aliphatic heterocycles. The van der Waals surface area contributed by atoms with Gasteiger partial charge in [0.25, 0.3) is 0 Å². The molecule has 7 nitrogen and oxygen atoms in total. The predicted octanol–water partition coefficient (Wildman–Crippen LogP) is 4.71. The molecule has 0 aliphatic rings. The molecule has 10 heteroatoms. The van der Waals surface area contributed by atoms with Gasteiger partial charge in [-0.15, -0.1) is 0 Å². The minimum atomic E-state index is -3.79. The quantitative estimate of drug-likeness (QED) is 0.417. The van der Waals surface area contributed by atoms with Crippen molar-refractivity contribution in [3.8, 4) is 0 Å². The van der Waals surface area contributed by atoms with Crippen LogP contribution < -0.4 is 9.62 Å². The molecule has 0 saturated heterocycles. The monoisotopic (exact) mass is 541 g/mol. The van der Waals surface area contributed by atoms with E-state index in [0.29, 0.717) is 27.8 Å². The summed E-state index contributed by atoms with van der Waals surface area (Å²) in [6.07, 6.45) is 2.78. The van der Waals surface area contributed by atoms with E-state index in [1.165, 1.54) is 4.90 Å². The van der Waals surface area contributed by atoms with E-state index < -0.39 is 28.5 Å². The lowest BCUT2D eigenvalue weighted by atomic mass is 10.1. The van der Waals surface area contributed by atoms with Gasteiger partial charge in [-0.1, -0.05) is 54.7 Å². The molecule has 0 spiro atoms. The first-order valence-corrected chi connectivity index (χ1v) is 14.0. The highest BCUT2D eigenvalue weighted by Crippen LogP contribution is 2.26. The van der Waals surface area contributed by atoms with E-state index in [4.69, 9.17) is 23.2 Å². The zero-order chi connectivity index (χ0) is 26.3. The van der Waals surface area contributed by atoms with Crippen molar-refractivity contribution in [2.45, 2.75) is 53.1 Å². The van der Waals surface area contributed by atoms with Crippen LogP contribution in [-0.4, -0.2) is 50.5 Å². The van der Waals surface area contributed by atoms with Gasteiger partial charge in [0.15, 0.2) is 0 Å². The topological polar surface area (TPSA) is 86.8 Å². The first-order chi connectivity index (χ1) is 16.4. The minimum Gasteiger partial charge on any atom is -0.354 e. The zero-order valence-electron chi connectivity index (χ0n) is 20.8. The summed E-state index contributed by atoms with van der Waals surface area (Å²) in [5, 5.41) is 3.64. The number of unbranched alkanes of at least 4 members (excludes halogenated alkanes) is 1. The van der Waals surface area contributed by atoms with Crippen LogP contribution >= 0.6 is 23.2 Å². The number of nitrogens with zero attached hydrogens (tertiary/aromatic N) is 2. The first kappa shape index (κ1) is 28.9. The number of hydrogen-bond acceptors (Lipinski definition) is 4. The third-order valence-electron chi connectivity index (χ3n) is 5.88. The highest BCUT2D eigenvalue weighted by molar-refractivity contribution is 7.92. The molecular formula is C25H33Cl2N3O4S. The lowest BCUT2D eigenvalue weighted by Gasteiger charge is -2.32. The molecule has 2 rings (SSSR count). The number of carbonyl (C=O) groups excluding carboxylic acids is 2. The fourth-order valence-electron chi connectivity index (χ4n) is 3.55. The smallest absolute Gasteiger partial charge is 0.244 e. The Balaban J connectivity index is 2.43. The molecule has 1 N–H and O–H groups in total. The maximum Gasteiger partial charge on any atom is 0.244 e. The molecule has 192 valence electrons. The van der Waals surface area contributed by atoms with Crippen LogP contribution in [0.2, 0.25) is 10.0 Å². The summed E-state index contributed by atoms with van der Waals surface area (Å²) in [6.45, 7) is 7.36. The number of hydrogen-bond donors (Lipinski definition) is 1. The molecule has 0 heterocycles. The van der Waals surface area contributed by atoms with Gasteiger partial charge in [0.05, 0.1) is 11.9 Å². The Kier molecular flexibility index (Phi) is 10.4. The van der Waals surface area contributed by atoms with Gasteiger partial charge in [0, 0.05) is 23.1 Å². The second-order valence-corrected chi connectivity index (χ2v) is 11.3. The summed E-state index contributed by atoms with van der Waals surface area (Å²) in [6, 6.07) is 9.33. The molecule has 0 unspecified atom stereocenters. The van der Waals surface area contributed by atoms with Crippen molar-refractivity contribution in [1.82, 2.24) is 10.2 Å². The molecule has 2 aromatic rings. The summed E-state index contributed by atoms with van der Waals surface area (Å²) in [4.78, 5) is 27.8. The number of nitrogens with one attached hydrogen (secondary N) is 1. The van der Waals surface area contributed by atoms with E-state index in [1.807, 2.05) is 26.8 Å². The third-order valence-corrected chi connectivity index (χ3v) is 7.59. The normalized spacial score (nSPS) is 12.2. The maximum absolute atomic E-state index is 13.6. The number of halogens is 2. The van der Waals surface area contributed by atoms with E-state index >= 15 is 0 Å². The summed E-state index contributed by atoms with van der Waals surface area (Å²) in [5.41, 5.74) is 2.67. The molecule has 0 bridgehead atoms. The number of rotatable bonds is 11. The van der Waals surface area contributed by atoms with Gasteiger partial charge in [-0.05, 0) is 62.1 Å². The molecule has 0 radical (unpaired) electrons. The molecule has 0 aliphatic carbocycles. The van der Waals surface area contributed by atoms with Gasteiger partial charge in [-0.3, -0.25) is 13.9 Å². The molecule has 0 fully saturated rings. The van der Waals surface area contributed by atoms with Gasteiger partial charge < -0.3 is 10.2 Å². The summed E-state index contributed by atoms with van der Waals surface area (Å²) in [7, 11) is -3.79. The number of benzene rings is 2. The van der Waals surface area contributed by atoms with Crippen molar-refractivity contribution in [1.29, 1.82) is 0 Å². The van der Waals surface area contributed by atoms with Gasteiger partial charge in [0.1, 0.15) is 12.6 Å². The standard InChI is InChI=1S/C25H33Cl2N3O4S/c1-6-7-13-28-25(32)19(4)29(15-20-11-12-21(26)14-22(20)27)24(31)16-30(35(5,33)34)23-10-8-9-17(2)18(23)3/h8-12,14,19H,6-7,13,15-16H2,1-5H3,(H,28,32)/t19-/m0/s1. The maximum atomic E-state index is 13.6. The Morgan fingerprint density at radius 2 is 1.80 bits per heavy atom.